The Morgan fingerprint density at radius 2 is 2.00 bits per heavy atom. The first-order valence-corrected chi connectivity index (χ1v) is 6.64. The van der Waals surface area contributed by atoms with Crippen molar-refractivity contribution in [3.8, 4) is 11.6 Å². The number of nitro groups is 1. The van der Waals surface area contributed by atoms with E-state index in [2.05, 4.69) is 10.3 Å². The van der Waals surface area contributed by atoms with Gasteiger partial charge in [0.2, 0.25) is 11.6 Å². The molecule has 0 radical (unpaired) electrons. The number of ether oxygens (including phenoxy) is 1. The molecule has 1 heterocycles. The molecule has 0 spiro atoms. The van der Waals surface area contributed by atoms with Crippen LogP contribution in [-0.2, 0) is 0 Å². The number of benzene rings is 1. The van der Waals surface area contributed by atoms with Crippen molar-refractivity contribution in [3.05, 3.63) is 50.0 Å². The Balaban J connectivity index is 2.45. The fourth-order valence-corrected chi connectivity index (χ4v) is 2.15. The van der Waals surface area contributed by atoms with E-state index in [0.29, 0.717) is 10.8 Å². The molecular formula is C13H11Cl2N3O3. The molecule has 1 aromatic carbocycles. The maximum absolute atomic E-state index is 11.1. The van der Waals surface area contributed by atoms with Gasteiger partial charge in [-0.2, -0.15) is 4.98 Å². The van der Waals surface area contributed by atoms with E-state index in [-0.39, 0.29) is 22.3 Å². The van der Waals surface area contributed by atoms with E-state index in [1.807, 2.05) is 0 Å². The molecule has 0 fully saturated rings. The Bertz CT molecular complexity index is 707. The molecule has 0 bridgehead atoms. The molecule has 0 atom stereocenters. The number of nitro benzene ring substituents is 1. The minimum atomic E-state index is -0.523. The zero-order valence-corrected chi connectivity index (χ0v) is 12.7. The van der Waals surface area contributed by atoms with E-state index in [0.717, 1.165) is 5.56 Å². The fourth-order valence-electron chi connectivity index (χ4n) is 1.66. The summed E-state index contributed by atoms with van der Waals surface area (Å²) in [5.41, 5.74) is 0.592. The molecular weight excluding hydrogens is 317 g/mol. The minimum absolute atomic E-state index is 0.0392. The SMILES string of the molecule is CNc1nc(Oc2ccc(C)cc2[N+](=O)[O-])c(Cl)cc1Cl. The molecule has 0 aliphatic rings. The predicted octanol–water partition coefficient (Wildman–Crippen LogP) is 4.44. The molecule has 0 amide bonds. The normalized spacial score (nSPS) is 10.3. The van der Waals surface area contributed by atoms with Gasteiger partial charge in [-0.3, -0.25) is 10.1 Å². The predicted molar refractivity (Wildman–Crippen MR) is 81.7 cm³/mol. The number of rotatable bonds is 4. The lowest BCUT2D eigenvalue weighted by molar-refractivity contribution is -0.385. The van der Waals surface area contributed by atoms with Crippen LogP contribution in [0.4, 0.5) is 11.5 Å². The van der Waals surface area contributed by atoms with Crippen molar-refractivity contribution in [2.45, 2.75) is 6.92 Å². The first-order valence-electron chi connectivity index (χ1n) is 5.89. The molecule has 6 nitrogen and oxygen atoms in total. The van der Waals surface area contributed by atoms with Crippen molar-refractivity contribution in [1.29, 1.82) is 0 Å². The Morgan fingerprint density at radius 1 is 1.29 bits per heavy atom. The van der Waals surface area contributed by atoms with Crippen molar-refractivity contribution < 1.29 is 9.66 Å². The first kappa shape index (κ1) is 15.3. The van der Waals surface area contributed by atoms with Crippen LogP contribution in [0.25, 0.3) is 0 Å². The monoisotopic (exact) mass is 327 g/mol. The highest BCUT2D eigenvalue weighted by atomic mass is 35.5. The van der Waals surface area contributed by atoms with Gasteiger partial charge in [0.05, 0.1) is 9.95 Å². The van der Waals surface area contributed by atoms with E-state index >= 15 is 0 Å². The second kappa shape index (κ2) is 6.15. The lowest BCUT2D eigenvalue weighted by Gasteiger charge is -2.10. The number of halogens is 2. The summed E-state index contributed by atoms with van der Waals surface area (Å²) in [6.45, 7) is 1.75. The van der Waals surface area contributed by atoms with Crippen LogP contribution in [0.2, 0.25) is 10.0 Å². The van der Waals surface area contributed by atoms with Crippen LogP contribution in [0.1, 0.15) is 5.56 Å². The summed E-state index contributed by atoms with van der Waals surface area (Å²) in [4.78, 5) is 14.6. The maximum atomic E-state index is 11.1. The number of anilines is 1. The van der Waals surface area contributed by atoms with Crippen molar-refractivity contribution >= 4 is 34.7 Å². The molecule has 1 N–H and O–H groups in total. The van der Waals surface area contributed by atoms with Gasteiger partial charge in [-0.25, -0.2) is 0 Å². The Kier molecular flexibility index (Phi) is 4.50. The fraction of sp³-hybridized carbons (Fsp3) is 0.154. The highest BCUT2D eigenvalue weighted by Crippen LogP contribution is 2.36. The van der Waals surface area contributed by atoms with E-state index in [1.54, 1.807) is 20.0 Å². The molecule has 0 saturated heterocycles. The third-order valence-corrected chi connectivity index (χ3v) is 3.21. The highest BCUT2D eigenvalue weighted by Gasteiger charge is 2.18. The third kappa shape index (κ3) is 3.34. The van der Waals surface area contributed by atoms with Crippen LogP contribution in [0, 0.1) is 17.0 Å². The number of nitrogens with zero attached hydrogens (tertiary/aromatic N) is 2. The molecule has 0 saturated carbocycles. The number of hydrogen-bond donors (Lipinski definition) is 1. The molecule has 0 aliphatic carbocycles. The molecule has 0 aliphatic heterocycles. The average Bonchev–Trinajstić information content (AvgIpc) is 2.43. The van der Waals surface area contributed by atoms with E-state index in [4.69, 9.17) is 27.9 Å². The van der Waals surface area contributed by atoms with Gasteiger partial charge < -0.3 is 10.1 Å². The quantitative estimate of drug-likeness (QED) is 0.663. The highest BCUT2D eigenvalue weighted by molar-refractivity contribution is 6.36. The van der Waals surface area contributed by atoms with Gasteiger partial charge in [0.15, 0.2) is 0 Å². The van der Waals surface area contributed by atoms with Crippen LogP contribution < -0.4 is 10.1 Å². The van der Waals surface area contributed by atoms with Crippen LogP contribution in [-0.4, -0.2) is 17.0 Å². The number of hydrogen-bond acceptors (Lipinski definition) is 5. The van der Waals surface area contributed by atoms with Gasteiger partial charge in [-0.15, -0.1) is 0 Å². The topological polar surface area (TPSA) is 77.3 Å². The Labute approximate surface area is 130 Å². The standard InChI is InChI=1S/C13H11Cl2N3O3/c1-7-3-4-11(10(5-7)18(19)20)21-13-9(15)6-8(14)12(16-2)17-13/h3-6H,1-2H3,(H,16,17). The molecule has 110 valence electrons. The zero-order chi connectivity index (χ0) is 15.6. The maximum Gasteiger partial charge on any atom is 0.311 e. The zero-order valence-electron chi connectivity index (χ0n) is 11.2. The van der Waals surface area contributed by atoms with E-state index < -0.39 is 4.92 Å². The van der Waals surface area contributed by atoms with Gasteiger partial charge in [0, 0.05) is 13.1 Å². The van der Waals surface area contributed by atoms with Gasteiger partial charge in [0.1, 0.15) is 10.8 Å². The summed E-state index contributed by atoms with van der Waals surface area (Å²) >= 11 is 11.9. The molecule has 2 rings (SSSR count). The second-order valence-corrected chi connectivity index (χ2v) is 5.00. The van der Waals surface area contributed by atoms with Gasteiger partial charge in [-0.1, -0.05) is 29.3 Å². The summed E-state index contributed by atoms with van der Waals surface area (Å²) in [7, 11) is 1.64. The Hall–Kier alpha value is -2.05. The number of nitrogens with one attached hydrogen (secondary N) is 1. The average molecular weight is 328 g/mol. The van der Waals surface area contributed by atoms with E-state index in [9.17, 15) is 10.1 Å². The third-order valence-electron chi connectivity index (χ3n) is 2.65. The number of aryl methyl sites for hydroxylation is 1. The summed E-state index contributed by atoms with van der Waals surface area (Å²) < 4.78 is 5.47. The molecule has 8 heteroatoms. The van der Waals surface area contributed by atoms with Crippen LogP contribution >= 0.6 is 23.2 Å². The van der Waals surface area contributed by atoms with E-state index in [1.165, 1.54) is 18.2 Å². The lowest BCUT2D eigenvalue weighted by Crippen LogP contribution is -1.99. The second-order valence-electron chi connectivity index (χ2n) is 4.19. The smallest absolute Gasteiger partial charge is 0.311 e. The summed E-state index contributed by atoms with van der Waals surface area (Å²) in [5, 5.41) is 14.3. The summed E-state index contributed by atoms with van der Waals surface area (Å²) in [6.07, 6.45) is 0. The van der Waals surface area contributed by atoms with Crippen LogP contribution in [0.15, 0.2) is 24.3 Å². The van der Waals surface area contributed by atoms with Gasteiger partial charge in [-0.05, 0) is 24.6 Å². The molecule has 1 aromatic heterocycles. The lowest BCUT2D eigenvalue weighted by atomic mass is 10.2. The molecule has 0 unspecified atom stereocenters. The van der Waals surface area contributed by atoms with Crippen molar-refractivity contribution in [3.63, 3.8) is 0 Å². The van der Waals surface area contributed by atoms with Crippen LogP contribution in [0.3, 0.4) is 0 Å². The summed E-state index contributed by atoms with van der Waals surface area (Å²) in [6, 6.07) is 6.07. The number of pyridine rings is 1. The van der Waals surface area contributed by atoms with Crippen molar-refractivity contribution in [2.75, 3.05) is 12.4 Å². The van der Waals surface area contributed by atoms with Gasteiger partial charge in [0.25, 0.3) is 0 Å². The molecule has 21 heavy (non-hydrogen) atoms. The largest absolute Gasteiger partial charge is 0.430 e. The first-order chi connectivity index (χ1) is 9.92. The van der Waals surface area contributed by atoms with Crippen molar-refractivity contribution in [1.82, 2.24) is 4.98 Å². The van der Waals surface area contributed by atoms with Crippen molar-refractivity contribution in [2.24, 2.45) is 0 Å². The van der Waals surface area contributed by atoms with Crippen LogP contribution in [0.5, 0.6) is 11.6 Å². The number of aromatic nitrogens is 1. The molecule has 2 aromatic rings. The van der Waals surface area contributed by atoms with Gasteiger partial charge >= 0.3 is 5.69 Å². The summed E-state index contributed by atoms with van der Waals surface area (Å²) in [5.74, 6) is 0.465. The Morgan fingerprint density at radius 3 is 2.62 bits per heavy atom. The minimum Gasteiger partial charge on any atom is -0.430 e.